The normalized spacial score (nSPS) is 18.9. The second-order valence-corrected chi connectivity index (χ2v) is 8.56. The molecule has 152 valence electrons. The van der Waals surface area contributed by atoms with Crippen molar-refractivity contribution in [3.8, 4) is 11.4 Å². The fourth-order valence-electron chi connectivity index (χ4n) is 4.75. The summed E-state index contributed by atoms with van der Waals surface area (Å²) < 4.78 is 16.1. The Kier molecular flexibility index (Phi) is 4.85. The largest absolute Gasteiger partial charge is 0.508 e. The van der Waals surface area contributed by atoms with E-state index in [0.717, 1.165) is 35.1 Å². The van der Waals surface area contributed by atoms with Gasteiger partial charge in [0.15, 0.2) is 0 Å². The zero-order valence-electron chi connectivity index (χ0n) is 16.9. The number of hydrogen-bond acceptors (Lipinski definition) is 2. The first-order valence-electron chi connectivity index (χ1n) is 10.1. The Labute approximate surface area is 169 Å². The number of aromatic hydroxyl groups is 1. The minimum absolute atomic E-state index is 0.196. The highest BCUT2D eigenvalue weighted by molar-refractivity contribution is 5.89. The summed E-state index contributed by atoms with van der Waals surface area (Å²) in [5.74, 6) is -0.0967. The van der Waals surface area contributed by atoms with Crippen LogP contribution in [0.1, 0.15) is 61.8 Å². The summed E-state index contributed by atoms with van der Waals surface area (Å²) in [6.45, 7) is 6.03. The van der Waals surface area contributed by atoms with Gasteiger partial charge in [-0.05, 0) is 85.0 Å². The van der Waals surface area contributed by atoms with Crippen LogP contribution in [0.25, 0.3) is 16.6 Å². The maximum atomic E-state index is 13.9. The second kappa shape index (κ2) is 7.21. The third-order valence-corrected chi connectivity index (χ3v) is 6.08. The maximum absolute atomic E-state index is 13.9. The van der Waals surface area contributed by atoms with Crippen LogP contribution in [-0.2, 0) is 4.79 Å². The summed E-state index contributed by atoms with van der Waals surface area (Å²) in [5, 5.41) is 20.2. The predicted molar refractivity (Wildman–Crippen MR) is 111 cm³/mol. The Morgan fingerprint density at radius 2 is 1.93 bits per heavy atom. The van der Waals surface area contributed by atoms with Gasteiger partial charge in [0.2, 0.25) is 0 Å². The summed E-state index contributed by atoms with van der Waals surface area (Å²) >= 11 is 0. The molecule has 2 aromatic carbocycles. The number of carbonyl (C=O) groups is 1. The SMILES string of the molecule is Cc1cc(-n2c(C(C)C)c(C3CC(CC(=O)O)C3)c3cc(O)ccc32)ccc1F. The molecule has 4 nitrogen and oxygen atoms in total. The van der Waals surface area contributed by atoms with Crippen molar-refractivity contribution in [2.24, 2.45) is 5.92 Å². The van der Waals surface area contributed by atoms with Crippen LogP contribution in [0, 0.1) is 18.7 Å². The molecule has 0 amide bonds. The smallest absolute Gasteiger partial charge is 0.303 e. The van der Waals surface area contributed by atoms with Crippen LogP contribution in [0.2, 0.25) is 0 Å². The molecule has 3 aromatic rings. The Bertz CT molecular complexity index is 1090. The molecule has 1 fully saturated rings. The molecule has 0 unspecified atom stereocenters. The lowest BCUT2D eigenvalue weighted by atomic mass is 9.69. The molecular weight excluding hydrogens is 369 g/mol. The molecule has 2 N–H and O–H groups in total. The van der Waals surface area contributed by atoms with E-state index in [2.05, 4.69) is 18.4 Å². The van der Waals surface area contributed by atoms with Gasteiger partial charge < -0.3 is 14.8 Å². The van der Waals surface area contributed by atoms with Gasteiger partial charge in [-0.15, -0.1) is 0 Å². The molecule has 1 aromatic heterocycles. The third kappa shape index (κ3) is 3.39. The highest BCUT2D eigenvalue weighted by atomic mass is 19.1. The minimum atomic E-state index is -0.751. The molecule has 1 aliphatic rings. The van der Waals surface area contributed by atoms with Crippen LogP contribution >= 0.6 is 0 Å². The molecule has 0 atom stereocenters. The van der Waals surface area contributed by atoms with E-state index in [-0.39, 0.29) is 35.7 Å². The van der Waals surface area contributed by atoms with E-state index in [1.807, 2.05) is 12.1 Å². The molecular formula is C24H26FNO3. The van der Waals surface area contributed by atoms with Crippen LogP contribution < -0.4 is 0 Å². The van der Waals surface area contributed by atoms with Crippen molar-refractivity contribution in [2.75, 3.05) is 0 Å². The number of halogens is 1. The van der Waals surface area contributed by atoms with E-state index in [4.69, 9.17) is 5.11 Å². The number of fused-ring (bicyclic) bond motifs is 1. The van der Waals surface area contributed by atoms with Crippen LogP contribution in [-0.4, -0.2) is 20.7 Å². The van der Waals surface area contributed by atoms with Gasteiger partial charge in [-0.3, -0.25) is 4.79 Å². The van der Waals surface area contributed by atoms with E-state index >= 15 is 0 Å². The van der Waals surface area contributed by atoms with Gasteiger partial charge in [-0.25, -0.2) is 4.39 Å². The van der Waals surface area contributed by atoms with Gasteiger partial charge in [0.05, 0.1) is 5.52 Å². The van der Waals surface area contributed by atoms with Crippen molar-refractivity contribution in [1.29, 1.82) is 0 Å². The van der Waals surface area contributed by atoms with Gasteiger partial charge >= 0.3 is 5.97 Å². The zero-order chi connectivity index (χ0) is 20.9. The number of carboxylic acids is 1. The molecule has 0 aliphatic heterocycles. The topological polar surface area (TPSA) is 62.5 Å². The number of phenols is 1. The van der Waals surface area contributed by atoms with Crippen molar-refractivity contribution in [3.63, 3.8) is 0 Å². The van der Waals surface area contributed by atoms with Gasteiger partial charge in [0, 0.05) is 23.2 Å². The summed E-state index contributed by atoms with van der Waals surface area (Å²) in [4.78, 5) is 11.1. The van der Waals surface area contributed by atoms with Gasteiger partial charge in [0.25, 0.3) is 0 Å². The van der Waals surface area contributed by atoms with Crippen molar-refractivity contribution < 1.29 is 19.4 Å². The number of benzene rings is 2. The molecule has 29 heavy (non-hydrogen) atoms. The van der Waals surface area contributed by atoms with Crippen LogP contribution in [0.5, 0.6) is 5.75 Å². The lowest BCUT2D eigenvalue weighted by Gasteiger charge is -2.36. The Morgan fingerprint density at radius 1 is 1.21 bits per heavy atom. The standard InChI is InChI=1S/C24H26FNO3/c1-13(2)24-23(16-9-15(10-16)11-22(28)29)19-12-18(27)5-7-21(19)26(24)17-4-6-20(25)14(3)8-17/h4-8,12-13,15-16,27H,9-11H2,1-3H3,(H,28,29). The first kappa shape index (κ1) is 19.5. The van der Waals surface area contributed by atoms with Crippen LogP contribution in [0.15, 0.2) is 36.4 Å². The molecule has 1 saturated carbocycles. The predicted octanol–water partition coefficient (Wildman–Crippen LogP) is 5.88. The first-order chi connectivity index (χ1) is 13.8. The summed E-state index contributed by atoms with van der Waals surface area (Å²) in [6.07, 6.45) is 1.88. The summed E-state index contributed by atoms with van der Waals surface area (Å²) in [6, 6.07) is 10.5. The quantitative estimate of drug-likeness (QED) is 0.567. The number of carboxylic acid groups (broad SMARTS) is 1. The van der Waals surface area contributed by atoms with E-state index in [9.17, 15) is 14.3 Å². The highest BCUT2D eigenvalue weighted by Gasteiger charge is 2.36. The maximum Gasteiger partial charge on any atom is 0.303 e. The molecule has 0 spiro atoms. The summed E-state index contributed by atoms with van der Waals surface area (Å²) in [7, 11) is 0. The highest BCUT2D eigenvalue weighted by Crippen LogP contribution is 2.50. The number of hydrogen-bond donors (Lipinski definition) is 2. The van der Waals surface area contributed by atoms with Gasteiger partial charge in [0.1, 0.15) is 11.6 Å². The average molecular weight is 395 g/mol. The van der Waals surface area contributed by atoms with E-state index in [0.29, 0.717) is 5.56 Å². The van der Waals surface area contributed by atoms with Crippen molar-refractivity contribution in [1.82, 2.24) is 4.57 Å². The molecule has 0 bridgehead atoms. The molecule has 0 saturated heterocycles. The zero-order valence-corrected chi connectivity index (χ0v) is 16.9. The van der Waals surface area contributed by atoms with Crippen molar-refractivity contribution in [3.05, 3.63) is 59.0 Å². The number of nitrogens with zero attached hydrogens (tertiary/aromatic N) is 1. The molecule has 1 heterocycles. The molecule has 5 heteroatoms. The van der Waals surface area contributed by atoms with Crippen LogP contribution in [0.3, 0.4) is 0 Å². The number of phenolic OH excluding ortho intramolecular Hbond substituents is 1. The minimum Gasteiger partial charge on any atom is -0.508 e. The number of aromatic nitrogens is 1. The van der Waals surface area contributed by atoms with Crippen molar-refractivity contribution >= 4 is 16.9 Å². The fraction of sp³-hybridized carbons (Fsp3) is 0.375. The molecule has 4 rings (SSSR count). The van der Waals surface area contributed by atoms with Crippen LogP contribution in [0.4, 0.5) is 4.39 Å². The second-order valence-electron chi connectivity index (χ2n) is 8.56. The van der Waals surface area contributed by atoms with E-state index in [1.54, 1.807) is 25.1 Å². The first-order valence-corrected chi connectivity index (χ1v) is 10.1. The Hall–Kier alpha value is -2.82. The average Bonchev–Trinajstić information content (AvgIpc) is 2.94. The number of aliphatic carboxylic acids is 1. The van der Waals surface area contributed by atoms with E-state index in [1.165, 1.54) is 11.6 Å². The van der Waals surface area contributed by atoms with E-state index < -0.39 is 5.97 Å². The number of rotatable bonds is 5. The van der Waals surface area contributed by atoms with Crippen molar-refractivity contribution in [2.45, 2.75) is 51.9 Å². The fourth-order valence-corrected chi connectivity index (χ4v) is 4.75. The Morgan fingerprint density at radius 3 is 2.55 bits per heavy atom. The Balaban J connectivity index is 1.91. The number of aryl methyl sites for hydroxylation is 1. The van der Waals surface area contributed by atoms with Gasteiger partial charge in [-0.1, -0.05) is 13.8 Å². The molecule has 0 radical (unpaired) electrons. The lowest BCUT2D eigenvalue weighted by Crippen LogP contribution is -2.25. The van der Waals surface area contributed by atoms with Gasteiger partial charge in [-0.2, -0.15) is 0 Å². The summed E-state index contributed by atoms with van der Waals surface area (Å²) in [5.41, 5.74) is 4.81. The third-order valence-electron chi connectivity index (χ3n) is 6.08. The monoisotopic (exact) mass is 395 g/mol. The molecule has 1 aliphatic carbocycles. The lowest BCUT2D eigenvalue weighted by molar-refractivity contribution is -0.138.